The first-order valence-corrected chi connectivity index (χ1v) is 9.77. The fourth-order valence-corrected chi connectivity index (χ4v) is 2.93. The van der Waals surface area contributed by atoms with Crippen LogP contribution in [0.1, 0.15) is 41.3 Å². The number of aliphatic hydroxyl groups is 1. The van der Waals surface area contributed by atoms with E-state index in [1.165, 1.54) is 18.0 Å². The molecule has 0 heterocycles. The molecule has 2 amide bonds. The minimum absolute atomic E-state index is 0.369. The van der Waals surface area contributed by atoms with Crippen LogP contribution in [0.2, 0.25) is 0 Å². The van der Waals surface area contributed by atoms with E-state index in [2.05, 4.69) is 34.9 Å². The van der Waals surface area contributed by atoms with Gasteiger partial charge in [-0.3, -0.25) is 14.8 Å². The molecule has 0 saturated heterocycles. The fourth-order valence-electron chi connectivity index (χ4n) is 2.93. The third-order valence-corrected chi connectivity index (χ3v) is 4.62. The molecule has 0 radical (unpaired) electrons. The molecule has 0 fully saturated rings. The molecule has 0 aliphatic rings. The van der Waals surface area contributed by atoms with E-state index in [0.29, 0.717) is 12.1 Å². The van der Waals surface area contributed by atoms with Crippen LogP contribution in [0.3, 0.4) is 0 Å². The molecule has 2 atom stereocenters. The summed E-state index contributed by atoms with van der Waals surface area (Å²) in [6.45, 7) is 2.98. The normalized spacial score (nSPS) is 12.8. The maximum absolute atomic E-state index is 12.2. The van der Waals surface area contributed by atoms with Crippen molar-refractivity contribution in [2.24, 2.45) is 0 Å². The summed E-state index contributed by atoms with van der Waals surface area (Å²) in [6.07, 6.45) is 2.15. The summed E-state index contributed by atoms with van der Waals surface area (Å²) in [6, 6.07) is 16.2. The summed E-state index contributed by atoms with van der Waals surface area (Å²) in [7, 11) is 0. The Bertz CT molecular complexity index is 763. The largest absolute Gasteiger partial charge is 0.391 e. The smallest absolute Gasteiger partial charge is 0.268 e. The quantitative estimate of drug-likeness (QED) is 0.225. The van der Waals surface area contributed by atoms with Crippen LogP contribution < -0.4 is 16.1 Å². The highest BCUT2D eigenvalue weighted by Gasteiger charge is 2.25. The number of hydroxylamine groups is 1. The van der Waals surface area contributed by atoms with Gasteiger partial charge in [0.1, 0.15) is 6.04 Å². The average Bonchev–Trinajstić information content (AvgIpc) is 2.74. The summed E-state index contributed by atoms with van der Waals surface area (Å²) in [5.41, 5.74) is 4.21. The number of rotatable bonds is 11. The van der Waals surface area contributed by atoms with Crippen molar-refractivity contribution >= 4 is 11.8 Å². The maximum atomic E-state index is 12.2. The summed E-state index contributed by atoms with van der Waals surface area (Å²) >= 11 is 0. The predicted octanol–water partition coefficient (Wildman–Crippen LogP) is 1.78. The second-order valence-electron chi connectivity index (χ2n) is 6.98. The lowest BCUT2D eigenvalue weighted by molar-refractivity contribution is -0.133. The lowest BCUT2D eigenvalue weighted by Gasteiger charge is -2.19. The highest BCUT2D eigenvalue weighted by atomic mass is 16.5. The molecule has 0 aliphatic heterocycles. The van der Waals surface area contributed by atoms with Gasteiger partial charge in [-0.2, -0.15) is 0 Å². The number of benzene rings is 2. The van der Waals surface area contributed by atoms with Crippen LogP contribution in [-0.4, -0.2) is 40.8 Å². The topological polar surface area (TPSA) is 111 Å². The molecule has 0 bridgehead atoms. The molecule has 7 heteroatoms. The van der Waals surface area contributed by atoms with Gasteiger partial charge in [0, 0.05) is 12.1 Å². The first kappa shape index (κ1) is 22.5. The van der Waals surface area contributed by atoms with Crippen molar-refractivity contribution in [2.75, 3.05) is 6.54 Å². The van der Waals surface area contributed by atoms with Gasteiger partial charge < -0.3 is 15.7 Å². The van der Waals surface area contributed by atoms with Gasteiger partial charge in [0.25, 0.3) is 11.8 Å². The van der Waals surface area contributed by atoms with E-state index in [-0.39, 0.29) is 0 Å². The monoisotopic (exact) mass is 399 g/mol. The second kappa shape index (κ2) is 12.0. The Kier molecular flexibility index (Phi) is 9.30. The molecular formula is C22H29N3O4. The Balaban J connectivity index is 1.72. The number of amides is 2. The molecule has 2 aromatic rings. The second-order valence-corrected chi connectivity index (χ2v) is 6.98. The fraction of sp³-hybridized carbons (Fsp3) is 0.364. The van der Waals surface area contributed by atoms with E-state index in [1.807, 2.05) is 18.2 Å². The maximum Gasteiger partial charge on any atom is 0.268 e. The number of hydrogen-bond acceptors (Lipinski definition) is 5. The van der Waals surface area contributed by atoms with Crippen LogP contribution >= 0.6 is 0 Å². The summed E-state index contributed by atoms with van der Waals surface area (Å²) in [5, 5.41) is 24.1. The van der Waals surface area contributed by atoms with Gasteiger partial charge >= 0.3 is 0 Å². The van der Waals surface area contributed by atoms with Crippen molar-refractivity contribution in [2.45, 2.75) is 44.9 Å². The molecular weight excluding hydrogens is 370 g/mol. The van der Waals surface area contributed by atoms with Crippen molar-refractivity contribution in [1.82, 2.24) is 16.1 Å². The van der Waals surface area contributed by atoms with Gasteiger partial charge in [-0.25, -0.2) is 5.48 Å². The lowest BCUT2D eigenvalue weighted by Crippen LogP contribution is -2.51. The van der Waals surface area contributed by atoms with Crippen LogP contribution in [0.5, 0.6) is 0 Å². The van der Waals surface area contributed by atoms with Gasteiger partial charge in [-0.1, -0.05) is 42.5 Å². The molecule has 0 saturated carbocycles. The van der Waals surface area contributed by atoms with E-state index in [1.54, 1.807) is 12.1 Å². The zero-order valence-corrected chi connectivity index (χ0v) is 16.6. The first-order chi connectivity index (χ1) is 14.0. The van der Waals surface area contributed by atoms with Crippen LogP contribution in [0, 0.1) is 0 Å². The minimum Gasteiger partial charge on any atom is -0.391 e. The van der Waals surface area contributed by atoms with Crippen molar-refractivity contribution < 1.29 is 19.9 Å². The van der Waals surface area contributed by atoms with Crippen molar-refractivity contribution in [3.8, 4) is 0 Å². The van der Waals surface area contributed by atoms with Crippen LogP contribution in [-0.2, 0) is 17.8 Å². The van der Waals surface area contributed by atoms with Crippen molar-refractivity contribution in [3.05, 3.63) is 71.3 Å². The third kappa shape index (κ3) is 7.65. The molecule has 0 aromatic heterocycles. The molecule has 156 valence electrons. The van der Waals surface area contributed by atoms with E-state index >= 15 is 0 Å². The molecule has 0 aliphatic carbocycles. The standard InChI is InChI=1S/C22H29N3O4/c1-16(26)20(22(28)25-29)24-21(27)19-12-10-18(11-13-19)15-23-14-6-5-9-17-7-3-2-4-8-17/h2-4,7-8,10-13,16,20,23,26,29H,5-6,9,14-15H2,1H3,(H,24,27)(H,25,28)/t16-,20+/m1/s1. The van der Waals surface area contributed by atoms with Crippen molar-refractivity contribution in [1.29, 1.82) is 0 Å². The van der Waals surface area contributed by atoms with Crippen LogP contribution in [0.4, 0.5) is 0 Å². The zero-order valence-electron chi connectivity index (χ0n) is 16.6. The van der Waals surface area contributed by atoms with Gasteiger partial charge in [-0.15, -0.1) is 0 Å². The Morgan fingerprint density at radius 1 is 0.966 bits per heavy atom. The SMILES string of the molecule is C[C@@H](O)[C@H](NC(=O)c1ccc(CNCCCCc2ccccc2)cc1)C(=O)NO. The molecule has 7 nitrogen and oxygen atoms in total. The average molecular weight is 399 g/mol. The Morgan fingerprint density at radius 3 is 2.28 bits per heavy atom. The van der Waals surface area contributed by atoms with Gasteiger partial charge in [0.05, 0.1) is 6.10 Å². The van der Waals surface area contributed by atoms with E-state index in [0.717, 1.165) is 31.4 Å². The highest BCUT2D eigenvalue weighted by molar-refractivity contribution is 5.97. The number of nitrogens with one attached hydrogen (secondary N) is 3. The molecule has 2 rings (SSSR count). The van der Waals surface area contributed by atoms with E-state index < -0.39 is 24.0 Å². The molecule has 5 N–H and O–H groups in total. The summed E-state index contributed by atoms with van der Waals surface area (Å²) in [4.78, 5) is 23.7. The number of carbonyl (C=O) groups is 2. The van der Waals surface area contributed by atoms with Crippen LogP contribution in [0.25, 0.3) is 0 Å². The Morgan fingerprint density at radius 2 is 1.66 bits per heavy atom. The number of aliphatic hydroxyl groups excluding tert-OH is 1. The Labute approximate surface area is 171 Å². The first-order valence-electron chi connectivity index (χ1n) is 9.77. The Hall–Kier alpha value is -2.74. The number of carbonyl (C=O) groups excluding carboxylic acids is 2. The van der Waals surface area contributed by atoms with Gasteiger partial charge in [0.2, 0.25) is 0 Å². The lowest BCUT2D eigenvalue weighted by atomic mass is 10.1. The van der Waals surface area contributed by atoms with Gasteiger partial charge in [-0.05, 0) is 56.0 Å². The number of unbranched alkanes of at least 4 members (excludes halogenated alkanes) is 1. The number of hydrogen-bond donors (Lipinski definition) is 5. The predicted molar refractivity (Wildman–Crippen MR) is 110 cm³/mol. The molecule has 29 heavy (non-hydrogen) atoms. The minimum atomic E-state index is -1.23. The van der Waals surface area contributed by atoms with Crippen molar-refractivity contribution in [3.63, 3.8) is 0 Å². The third-order valence-electron chi connectivity index (χ3n) is 4.62. The van der Waals surface area contributed by atoms with Crippen LogP contribution in [0.15, 0.2) is 54.6 Å². The number of aryl methyl sites for hydroxylation is 1. The highest BCUT2D eigenvalue weighted by Crippen LogP contribution is 2.07. The van der Waals surface area contributed by atoms with E-state index in [4.69, 9.17) is 5.21 Å². The summed E-state index contributed by atoms with van der Waals surface area (Å²) in [5.74, 6) is -1.37. The molecule has 0 unspecified atom stereocenters. The molecule has 0 spiro atoms. The van der Waals surface area contributed by atoms with Gasteiger partial charge in [0.15, 0.2) is 0 Å². The summed E-state index contributed by atoms with van der Waals surface area (Å²) < 4.78 is 0. The molecule has 2 aromatic carbocycles. The zero-order chi connectivity index (χ0) is 21.1. The van der Waals surface area contributed by atoms with E-state index in [9.17, 15) is 14.7 Å².